The highest BCUT2D eigenvalue weighted by Gasteiger charge is 2.34. The molecule has 38 heavy (non-hydrogen) atoms. The number of anilines is 1. The van der Waals surface area contributed by atoms with Gasteiger partial charge in [-0.15, -0.1) is 0 Å². The van der Waals surface area contributed by atoms with Gasteiger partial charge in [-0.1, -0.05) is 61.5 Å². The Labute approximate surface area is 223 Å². The Bertz CT molecular complexity index is 1340. The molecular formula is C30H34N4O4. The van der Waals surface area contributed by atoms with Crippen LogP contribution in [0.3, 0.4) is 0 Å². The SMILES string of the molecule is CCc1ccc(C(C(=O)Nc2ccc3ccccc3c2)N(CC#N)C(=O)C(C)NC(=O)OC(C)(C)C)cc1. The van der Waals surface area contributed by atoms with Crippen molar-refractivity contribution in [3.8, 4) is 6.07 Å². The summed E-state index contributed by atoms with van der Waals surface area (Å²) in [5.74, 6) is -1.06. The van der Waals surface area contributed by atoms with Crippen LogP contribution in [-0.4, -0.2) is 41.0 Å². The summed E-state index contributed by atoms with van der Waals surface area (Å²) in [6.07, 6.45) is 0.0473. The number of rotatable bonds is 8. The van der Waals surface area contributed by atoms with E-state index in [0.717, 1.165) is 22.8 Å². The highest BCUT2D eigenvalue weighted by Crippen LogP contribution is 2.26. The van der Waals surface area contributed by atoms with Crippen molar-refractivity contribution < 1.29 is 19.1 Å². The number of ether oxygens (including phenoxy) is 1. The number of benzene rings is 3. The van der Waals surface area contributed by atoms with E-state index in [1.54, 1.807) is 39.0 Å². The summed E-state index contributed by atoms with van der Waals surface area (Å²) in [6.45, 7) is 8.31. The van der Waals surface area contributed by atoms with Gasteiger partial charge in [0, 0.05) is 5.69 Å². The molecule has 3 aromatic carbocycles. The van der Waals surface area contributed by atoms with Gasteiger partial charge >= 0.3 is 6.09 Å². The van der Waals surface area contributed by atoms with Crippen LogP contribution in [0.5, 0.6) is 0 Å². The monoisotopic (exact) mass is 514 g/mol. The molecule has 3 rings (SSSR count). The Morgan fingerprint density at radius 2 is 1.66 bits per heavy atom. The molecule has 0 aliphatic rings. The number of alkyl carbamates (subject to hydrolysis) is 1. The molecule has 2 atom stereocenters. The minimum Gasteiger partial charge on any atom is -0.444 e. The van der Waals surface area contributed by atoms with Crippen molar-refractivity contribution in [3.05, 3.63) is 77.9 Å². The molecule has 0 saturated heterocycles. The lowest BCUT2D eigenvalue weighted by Gasteiger charge is -2.32. The van der Waals surface area contributed by atoms with Crippen LogP contribution in [-0.2, 0) is 20.7 Å². The first-order valence-corrected chi connectivity index (χ1v) is 12.6. The lowest BCUT2D eigenvalue weighted by molar-refractivity contribution is -0.139. The molecule has 8 heteroatoms. The van der Waals surface area contributed by atoms with Crippen LogP contribution < -0.4 is 10.6 Å². The highest BCUT2D eigenvalue weighted by atomic mass is 16.6. The molecule has 0 aliphatic carbocycles. The Balaban J connectivity index is 1.94. The fourth-order valence-electron chi connectivity index (χ4n) is 4.05. The zero-order valence-electron chi connectivity index (χ0n) is 22.4. The summed E-state index contributed by atoms with van der Waals surface area (Å²) in [6, 6.07) is 20.5. The first-order valence-electron chi connectivity index (χ1n) is 12.6. The molecule has 2 N–H and O–H groups in total. The summed E-state index contributed by atoms with van der Waals surface area (Å²) in [4.78, 5) is 40.7. The van der Waals surface area contributed by atoms with E-state index in [4.69, 9.17) is 4.74 Å². The van der Waals surface area contributed by atoms with E-state index < -0.39 is 35.6 Å². The van der Waals surface area contributed by atoms with E-state index in [9.17, 15) is 19.6 Å². The molecule has 198 valence electrons. The van der Waals surface area contributed by atoms with Gasteiger partial charge in [0.05, 0.1) is 6.07 Å². The molecule has 2 unspecified atom stereocenters. The van der Waals surface area contributed by atoms with Crippen molar-refractivity contribution in [3.63, 3.8) is 0 Å². The largest absolute Gasteiger partial charge is 0.444 e. The van der Waals surface area contributed by atoms with Gasteiger partial charge in [0.2, 0.25) is 5.91 Å². The third-order valence-electron chi connectivity index (χ3n) is 5.91. The van der Waals surface area contributed by atoms with Gasteiger partial charge in [-0.2, -0.15) is 5.26 Å². The summed E-state index contributed by atoms with van der Waals surface area (Å²) in [5.41, 5.74) is 1.44. The lowest BCUT2D eigenvalue weighted by atomic mass is 10.0. The normalized spacial score (nSPS) is 12.6. The van der Waals surface area contributed by atoms with E-state index >= 15 is 0 Å². The maximum Gasteiger partial charge on any atom is 0.408 e. The van der Waals surface area contributed by atoms with Gasteiger partial charge in [0.25, 0.3) is 5.91 Å². The minimum absolute atomic E-state index is 0.357. The van der Waals surface area contributed by atoms with Gasteiger partial charge < -0.3 is 20.3 Å². The quantitative estimate of drug-likeness (QED) is 0.394. The van der Waals surface area contributed by atoms with Gasteiger partial charge in [-0.25, -0.2) is 4.79 Å². The third-order valence-corrected chi connectivity index (χ3v) is 5.91. The van der Waals surface area contributed by atoms with Gasteiger partial charge in [0.1, 0.15) is 24.2 Å². The van der Waals surface area contributed by atoms with Gasteiger partial charge in [0.15, 0.2) is 0 Å². The number of aryl methyl sites for hydroxylation is 1. The number of amides is 3. The molecule has 0 saturated carbocycles. The number of nitrogens with one attached hydrogen (secondary N) is 2. The predicted octanol–water partition coefficient (Wildman–Crippen LogP) is 5.35. The predicted molar refractivity (Wildman–Crippen MR) is 147 cm³/mol. The third kappa shape index (κ3) is 7.32. The van der Waals surface area contributed by atoms with Gasteiger partial charge in [-0.05, 0) is 68.1 Å². The number of fused-ring (bicyclic) bond motifs is 1. The second-order valence-corrected chi connectivity index (χ2v) is 10.0. The van der Waals surface area contributed by atoms with E-state index in [-0.39, 0.29) is 6.54 Å². The van der Waals surface area contributed by atoms with E-state index in [2.05, 4.69) is 10.6 Å². The van der Waals surface area contributed by atoms with Crippen LogP contribution in [0.1, 0.15) is 51.8 Å². The van der Waals surface area contributed by atoms with Crippen LogP contribution >= 0.6 is 0 Å². The Morgan fingerprint density at radius 1 is 1.00 bits per heavy atom. The van der Waals surface area contributed by atoms with E-state index in [0.29, 0.717) is 11.3 Å². The van der Waals surface area contributed by atoms with Crippen LogP contribution in [0, 0.1) is 11.3 Å². The lowest BCUT2D eigenvalue weighted by Crippen LogP contribution is -2.51. The molecule has 0 fully saturated rings. The standard InChI is InChI=1S/C30H34N4O4/c1-6-21-11-13-23(14-12-21)26(27(35)33-25-16-15-22-9-7-8-10-24(22)19-25)34(18-17-31)28(36)20(2)32-29(37)38-30(3,4)5/h7-16,19-20,26H,6,18H2,1-5H3,(H,32,37)(H,33,35). The second kappa shape index (κ2) is 12.2. The minimum atomic E-state index is -1.11. The van der Waals surface area contributed by atoms with Gasteiger partial charge in [-0.3, -0.25) is 9.59 Å². The number of hydrogen-bond donors (Lipinski definition) is 2. The van der Waals surface area contributed by atoms with Crippen LogP contribution in [0.2, 0.25) is 0 Å². The van der Waals surface area contributed by atoms with E-state index in [1.807, 2.05) is 61.5 Å². The Morgan fingerprint density at radius 3 is 2.26 bits per heavy atom. The van der Waals surface area contributed by atoms with Crippen LogP contribution in [0.25, 0.3) is 10.8 Å². The first kappa shape index (κ1) is 28.2. The number of nitrogens with zero attached hydrogens (tertiary/aromatic N) is 2. The van der Waals surface area contributed by atoms with Crippen molar-refractivity contribution >= 4 is 34.4 Å². The molecular weight excluding hydrogens is 480 g/mol. The van der Waals surface area contributed by atoms with E-state index in [1.165, 1.54) is 11.8 Å². The molecule has 8 nitrogen and oxygen atoms in total. The average Bonchev–Trinajstić information content (AvgIpc) is 2.87. The van der Waals surface area contributed by atoms with Crippen molar-refractivity contribution in [1.29, 1.82) is 5.26 Å². The average molecular weight is 515 g/mol. The van der Waals surface area contributed by atoms with Crippen LogP contribution in [0.4, 0.5) is 10.5 Å². The fourth-order valence-corrected chi connectivity index (χ4v) is 4.05. The van der Waals surface area contributed by atoms with Crippen molar-refractivity contribution in [2.24, 2.45) is 0 Å². The van der Waals surface area contributed by atoms with Crippen molar-refractivity contribution in [2.45, 2.75) is 58.7 Å². The van der Waals surface area contributed by atoms with Crippen molar-refractivity contribution in [1.82, 2.24) is 10.2 Å². The molecule has 3 amide bonds. The maximum absolute atomic E-state index is 13.7. The smallest absolute Gasteiger partial charge is 0.408 e. The highest BCUT2D eigenvalue weighted by molar-refractivity contribution is 6.00. The summed E-state index contributed by atoms with van der Waals surface area (Å²) >= 11 is 0. The zero-order chi connectivity index (χ0) is 27.9. The molecule has 0 radical (unpaired) electrons. The number of nitriles is 1. The summed E-state index contributed by atoms with van der Waals surface area (Å²) in [7, 11) is 0. The number of hydrogen-bond acceptors (Lipinski definition) is 5. The summed E-state index contributed by atoms with van der Waals surface area (Å²) in [5, 5.41) is 17.0. The molecule has 0 aromatic heterocycles. The first-order chi connectivity index (χ1) is 18.0. The number of carbonyl (C=O) groups excluding carboxylic acids is 3. The topological polar surface area (TPSA) is 112 Å². The second-order valence-electron chi connectivity index (χ2n) is 10.0. The Kier molecular flexibility index (Phi) is 9.08. The number of carbonyl (C=O) groups is 3. The molecule has 0 bridgehead atoms. The zero-order valence-corrected chi connectivity index (χ0v) is 22.4. The molecule has 0 spiro atoms. The molecule has 3 aromatic rings. The van der Waals surface area contributed by atoms with Crippen molar-refractivity contribution in [2.75, 3.05) is 11.9 Å². The maximum atomic E-state index is 13.7. The van der Waals surface area contributed by atoms with Crippen LogP contribution in [0.15, 0.2) is 66.7 Å². The fraction of sp³-hybridized carbons (Fsp3) is 0.333. The summed E-state index contributed by atoms with van der Waals surface area (Å²) < 4.78 is 5.27. The molecule has 0 aliphatic heterocycles. The Hall–Kier alpha value is -4.38. The molecule has 0 heterocycles.